The summed E-state index contributed by atoms with van der Waals surface area (Å²) in [5.74, 6) is 5.70. The minimum Gasteiger partial charge on any atom is -0.341 e. The van der Waals surface area contributed by atoms with Crippen LogP contribution in [-0.4, -0.2) is 31.6 Å². The molecule has 0 aromatic heterocycles. The number of carbonyl (C=O) groups is 2. The first-order valence-corrected chi connectivity index (χ1v) is 7.71. The number of carbonyl (C=O) groups excluding carboxylic acids is 2. The van der Waals surface area contributed by atoms with Crippen molar-refractivity contribution in [3.63, 3.8) is 0 Å². The summed E-state index contributed by atoms with van der Waals surface area (Å²) >= 11 is 0. The lowest BCUT2D eigenvalue weighted by Crippen LogP contribution is -2.28. The van der Waals surface area contributed by atoms with Gasteiger partial charge in [0.15, 0.2) is 0 Å². The van der Waals surface area contributed by atoms with Gasteiger partial charge in [-0.05, 0) is 30.3 Å². The maximum atomic E-state index is 12.2. The first kappa shape index (κ1) is 15.6. The molecule has 2 N–H and O–H groups in total. The van der Waals surface area contributed by atoms with Crippen LogP contribution in [0.15, 0.2) is 54.6 Å². The molecule has 1 fully saturated rings. The Hall–Kier alpha value is -3.26. The number of hydrogen-bond donors (Lipinski definition) is 2. The lowest BCUT2D eigenvalue weighted by molar-refractivity contribution is 0.0958. The number of rotatable bonds is 3. The van der Waals surface area contributed by atoms with E-state index < -0.39 is 0 Å². The van der Waals surface area contributed by atoms with Gasteiger partial charge in [-0.2, -0.15) is 0 Å². The Morgan fingerprint density at radius 3 is 2.75 bits per heavy atom. The van der Waals surface area contributed by atoms with E-state index in [2.05, 4.69) is 22.5 Å². The topological polar surface area (TPSA) is 61.4 Å². The van der Waals surface area contributed by atoms with Gasteiger partial charge >= 0.3 is 6.03 Å². The van der Waals surface area contributed by atoms with Crippen LogP contribution < -0.4 is 15.5 Å². The molecule has 2 aromatic rings. The summed E-state index contributed by atoms with van der Waals surface area (Å²) in [6.07, 6.45) is 0. The van der Waals surface area contributed by atoms with Gasteiger partial charge in [0.2, 0.25) is 0 Å². The number of benzene rings is 2. The van der Waals surface area contributed by atoms with Gasteiger partial charge in [0.05, 0.1) is 6.54 Å². The summed E-state index contributed by atoms with van der Waals surface area (Å²) in [6.45, 7) is 1.49. The quantitative estimate of drug-likeness (QED) is 0.850. The molecular formula is C19H17N3O2. The Balaban J connectivity index is 1.61. The average Bonchev–Trinajstić information content (AvgIpc) is 3.05. The van der Waals surface area contributed by atoms with Crippen LogP contribution in [-0.2, 0) is 0 Å². The fourth-order valence-electron chi connectivity index (χ4n) is 2.43. The molecule has 1 aliphatic rings. The number of urea groups is 1. The van der Waals surface area contributed by atoms with E-state index in [1.54, 1.807) is 23.1 Å². The number of nitrogens with one attached hydrogen (secondary N) is 2. The zero-order chi connectivity index (χ0) is 16.8. The summed E-state index contributed by atoms with van der Waals surface area (Å²) in [5.41, 5.74) is 2.13. The molecule has 5 heteroatoms. The van der Waals surface area contributed by atoms with E-state index in [4.69, 9.17) is 0 Å². The van der Waals surface area contributed by atoms with Crippen LogP contribution in [0.5, 0.6) is 0 Å². The van der Waals surface area contributed by atoms with Crippen LogP contribution in [0.1, 0.15) is 15.9 Å². The zero-order valence-corrected chi connectivity index (χ0v) is 13.1. The van der Waals surface area contributed by atoms with Gasteiger partial charge < -0.3 is 10.6 Å². The van der Waals surface area contributed by atoms with Crippen molar-refractivity contribution < 1.29 is 9.59 Å². The molecule has 1 aliphatic heterocycles. The highest BCUT2D eigenvalue weighted by Crippen LogP contribution is 2.18. The Kier molecular flexibility index (Phi) is 4.78. The van der Waals surface area contributed by atoms with Crippen LogP contribution in [0.4, 0.5) is 10.5 Å². The summed E-state index contributed by atoms with van der Waals surface area (Å²) in [4.78, 5) is 25.5. The molecule has 0 spiro atoms. The summed E-state index contributed by atoms with van der Waals surface area (Å²) in [5, 5.41) is 5.51. The minimum absolute atomic E-state index is 0.138. The highest BCUT2D eigenvalue weighted by molar-refractivity contribution is 5.98. The molecule has 3 amide bonds. The SMILES string of the molecule is O=C(NCC#Cc1ccccc1)c1cccc(N2CCNC2=O)c1. The zero-order valence-electron chi connectivity index (χ0n) is 13.1. The van der Waals surface area contributed by atoms with Crippen LogP contribution in [0.2, 0.25) is 0 Å². The van der Waals surface area contributed by atoms with Crippen molar-refractivity contribution in [3.8, 4) is 11.8 Å². The number of amides is 3. The smallest absolute Gasteiger partial charge is 0.321 e. The lowest BCUT2D eigenvalue weighted by atomic mass is 10.1. The summed E-state index contributed by atoms with van der Waals surface area (Å²) in [6, 6.07) is 16.5. The second-order valence-corrected chi connectivity index (χ2v) is 5.28. The van der Waals surface area contributed by atoms with Crippen LogP contribution in [0, 0.1) is 11.8 Å². The van der Waals surface area contributed by atoms with Crippen molar-refractivity contribution in [2.75, 3.05) is 24.5 Å². The molecule has 24 heavy (non-hydrogen) atoms. The van der Waals surface area contributed by atoms with Crippen molar-refractivity contribution in [2.24, 2.45) is 0 Å². The van der Waals surface area contributed by atoms with Crippen LogP contribution in [0.3, 0.4) is 0 Å². The third-order valence-corrected chi connectivity index (χ3v) is 3.62. The molecule has 1 saturated heterocycles. The highest BCUT2D eigenvalue weighted by atomic mass is 16.2. The Morgan fingerprint density at radius 1 is 1.17 bits per heavy atom. The maximum absolute atomic E-state index is 12.2. The molecule has 0 atom stereocenters. The molecular weight excluding hydrogens is 302 g/mol. The second kappa shape index (κ2) is 7.34. The first-order valence-electron chi connectivity index (χ1n) is 7.71. The van der Waals surface area contributed by atoms with Gasteiger partial charge in [0.1, 0.15) is 0 Å². The lowest BCUT2D eigenvalue weighted by Gasteiger charge is -2.14. The summed E-state index contributed by atoms with van der Waals surface area (Å²) in [7, 11) is 0. The molecule has 0 radical (unpaired) electrons. The predicted molar refractivity (Wildman–Crippen MR) is 92.8 cm³/mol. The fourth-order valence-corrected chi connectivity index (χ4v) is 2.43. The highest BCUT2D eigenvalue weighted by Gasteiger charge is 2.21. The Bertz CT molecular complexity index is 806. The molecule has 0 saturated carbocycles. The van der Waals surface area contributed by atoms with E-state index in [0.29, 0.717) is 24.3 Å². The van der Waals surface area contributed by atoms with E-state index in [-0.39, 0.29) is 18.5 Å². The fraction of sp³-hybridized carbons (Fsp3) is 0.158. The third-order valence-electron chi connectivity index (χ3n) is 3.62. The number of hydrogen-bond acceptors (Lipinski definition) is 2. The van der Waals surface area contributed by atoms with Crippen molar-refractivity contribution >= 4 is 17.6 Å². The van der Waals surface area contributed by atoms with E-state index in [1.807, 2.05) is 36.4 Å². The molecule has 3 rings (SSSR count). The van der Waals surface area contributed by atoms with E-state index in [0.717, 1.165) is 5.56 Å². The number of anilines is 1. The van der Waals surface area contributed by atoms with E-state index in [9.17, 15) is 9.59 Å². The second-order valence-electron chi connectivity index (χ2n) is 5.28. The van der Waals surface area contributed by atoms with Crippen molar-refractivity contribution in [2.45, 2.75) is 0 Å². The molecule has 0 bridgehead atoms. The third kappa shape index (κ3) is 3.73. The van der Waals surface area contributed by atoms with Crippen molar-refractivity contribution in [1.82, 2.24) is 10.6 Å². The molecule has 120 valence electrons. The monoisotopic (exact) mass is 319 g/mol. The Labute approximate surface area is 140 Å². The van der Waals surface area contributed by atoms with Crippen molar-refractivity contribution in [3.05, 3.63) is 65.7 Å². The van der Waals surface area contributed by atoms with Crippen molar-refractivity contribution in [1.29, 1.82) is 0 Å². The van der Waals surface area contributed by atoms with Gasteiger partial charge in [-0.25, -0.2) is 4.79 Å². The van der Waals surface area contributed by atoms with Gasteiger partial charge in [0.25, 0.3) is 5.91 Å². The Morgan fingerprint density at radius 2 is 2.00 bits per heavy atom. The van der Waals surface area contributed by atoms with Gasteiger partial charge in [-0.1, -0.05) is 36.1 Å². The molecule has 5 nitrogen and oxygen atoms in total. The molecule has 2 aromatic carbocycles. The predicted octanol–water partition coefficient (Wildman–Crippen LogP) is 2.00. The average molecular weight is 319 g/mol. The molecule has 0 aliphatic carbocycles. The number of nitrogens with zero attached hydrogens (tertiary/aromatic N) is 1. The van der Waals surface area contributed by atoms with Gasteiger partial charge in [-0.15, -0.1) is 0 Å². The van der Waals surface area contributed by atoms with Crippen LogP contribution in [0.25, 0.3) is 0 Å². The normalized spacial score (nSPS) is 13.0. The molecule has 0 unspecified atom stereocenters. The standard InChI is InChI=1S/C19H17N3O2/c23-18(20-11-5-8-15-6-2-1-3-7-15)16-9-4-10-17(14-16)22-13-12-21-19(22)24/h1-4,6-7,9-10,14H,11-13H2,(H,20,23)(H,21,24). The summed E-state index contributed by atoms with van der Waals surface area (Å²) < 4.78 is 0. The van der Waals surface area contributed by atoms with E-state index >= 15 is 0 Å². The van der Waals surface area contributed by atoms with Gasteiger partial charge in [0, 0.05) is 29.9 Å². The largest absolute Gasteiger partial charge is 0.341 e. The van der Waals surface area contributed by atoms with Gasteiger partial charge in [-0.3, -0.25) is 9.69 Å². The van der Waals surface area contributed by atoms with Crippen LogP contribution >= 0.6 is 0 Å². The van der Waals surface area contributed by atoms with E-state index in [1.165, 1.54) is 0 Å². The maximum Gasteiger partial charge on any atom is 0.321 e. The minimum atomic E-state index is -0.209. The first-order chi connectivity index (χ1) is 11.7. The molecule has 1 heterocycles.